The van der Waals surface area contributed by atoms with Gasteiger partial charge in [0.1, 0.15) is 18.0 Å². The minimum Gasteiger partial charge on any atom is -0.457 e. The third-order valence-corrected chi connectivity index (χ3v) is 8.61. The molecule has 0 spiro atoms. The zero-order valence-corrected chi connectivity index (χ0v) is 26.2. The molecular weight excluding hydrogens is 553 g/mol. The number of piperazine rings is 1. The highest BCUT2D eigenvalue weighted by Gasteiger charge is 2.29. The lowest BCUT2D eigenvalue weighted by atomic mass is 9.91. The zero-order valence-electron chi connectivity index (χ0n) is 26.2. The number of aliphatic hydroxyl groups is 1. The van der Waals surface area contributed by atoms with Gasteiger partial charge in [0.05, 0.1) is 25.2 Å². The topological polar surface area (TPSA) is 91.8 Å². The molecule has 3 aliphatic heterocycles. The van der Waals surface area contributed by atoms with Crippen molar-refractivity contribution < 1.29 is 33.3 Å². The van der Waals surface area contributed by atoms with Crippen molar-refractivity contribution in [2.45, 2.75) is 71.4 Å². The fraction of sp³-hybridized carbons (Fsp3) is 0.636. The molecule has 9 nitrogen and oxygen atoms in total. The number of cyclic esters (lactones) is 1. The minimum atomic E-state index is -0.866. The fourth-order valence-corrected chi connectivity index (χ4v) is 5.89. The number of carbonyl (C=O) groups is 2. The minimum absolute atomic E-state index is 0.0590. The lowest BCUT2D eigenvalue weighted by molar-refractivity contribution is -0.151. The van der Waals surface area contributed by atoms with Crippen LogP contribution >= 0.6 is 0 Å². The predicted molar refractivity (Wildman–Crippen MR) is 164 cm³/mol. The molecule has 2 saturated heterocycles. The summed E-state index contributed by atoms with van der Waals surface area (Å²) in [5.74, 6) is -1.17. The second-order valence-corrected chi connectivity index (χ2v) is 12.5. The van der Waals surface area contributed by atoms with E-state index >= 15 is 0 Å². The van der Waals surface area contributed by atoms with Gasteiger partial charge in [0.25, 0.3) is 0 Å². The first-order valence-electron chi connectivity index (χ1n) is 15.5. The number of halogens is 1. The SMILES string of the molecule is C/C(=C\c1cc(F)cc(N2CCO[C@@H](C)C2)c1)[C@H]1OC(=O)C[C@@H](O)CC[C@@H](C)[C@@H](OC(=O)N2CCN(C)CC2)/C=C/[C@@H]1C. The maximum atomic E-state index is 14.7. The van der Waals surface area contributed by atoms with Crippen LogP contribution in [0, 0.1) is 17.7 Å². The van der Waals surface area contributed by atoms with E-state index in [-0.39, 0.29) is 36.3 Å². The van der Waals surface area contributed by atoms with Gasteiger partial charge < -0.3 is 34.0 Å². The molecule has 238 valence electrons. The Morgan fingerprint density at radius 1 is 1.07 bits per heavy atom. The number of aliphatic hydroxyl groups excluding tert-OH is 1. The van der Waals surface area contributed by atoms with Gasteiger partial charge >= 0.3 is 12.1 Å². The highest BCUT2D eigenvalue weighted by molar-refractivity contribution is 5.71. The summed E-state index contributed by atoms with van der Waals surface area (Å²) in [7, 11) is 2.03. The van der Waals surface area contributed by atoms with Crippen LogP contribution in [-0.2, 0) is 19.0 Å². The summed E-state index contributed by atoms with van der Waals surface area (Å²) in [5.41, 5.74) is 2.18. The van der Waals surface area contributed by atoms with Gasteiger partial charge in [0.2, 0.25) is 0 Å². The van der Waals surface area contributed by atoms with Crippen LogP contribution in [0.25, 0.3) is 6.08 Å². The van der Waals surface area contributed by atoms with E-state index < -0.39 is 24.3 Å². The molecule has 10 heteroatoms. The molecule has 0 unspecified atom stereocenters. The van der Waals surface area contributed by atoms with Gasteiger partial charge in [0.15, 0.2) is 0 Å². The lowest BCUT2D eigenvalue weighted by Gasteiger charge is -2.33. The van der Waals surface area contributed by atoms with Crippen LogP contribution in [0.4, 0.5) is 14.9 Å². The molecule has 3 heterocycles. The Balaban J connectivity index is 1.56. The lowest BCUT2D eigenvalue weighted by Crippen LogP contribution is -2.48. The molecule has 2 fully saturated rings. The van der Waals surface area contributed by atoms with Crippen molar-refractivity contribution in [2.24, 2.45) is 11.8 Å². The molecule has 1 amide bonds. The van der Waals surface area contributed by atoms with E-state index in [2.05, 4.69) is 9.80 Å². The third kappa shape index (κ3) is 9.52. The molecule has 3 aliphatic rings. The van der Waals surface area contributed by atoms with Crippen molar-refractivity contribution in [3.63, 3.8) is 0 Å². The fourth-order valence-electron chi connectivity index (χ4n) is 5.89. The maximum Gasteiger partial charge on any atom is 0.410 e. The molecule has 6 atom stereocenters. The summed E-state index contributed by atoms with van der Waals surface area (Å²) in [6.45, 7) is 12.5. The van der Waals surface area contributed by atoms with Crippen molar-refractivity contribution in [1.29, 1.82) is 0 Å². The summed E-state index contributed by atoms with van der Waals surface area (Å²) in [5, 5.41) is 10.6. The number of anilines is 1. The molecule has 0 radical (unpaired) electrons. The summed E-state index contributed by atoms with van der Waals surface area (Å²) in [4.78, 5) is 31.9. The van der Waals surface area contributed by atoms with Crippen molar-refractivity contribution in [1.82, 2.24) is 9.80 Å². The Bertz CT molecular complexity index is 1170. The standard InChI is InChI=1S/C33H48FN3O6/c1-22-6-8-29(38)20-31(39)43-32(23(2)7-9-30(22)42-33(40)36-12-10-35(5)11-13-36)24(3)16-26-17-27(34)19-28(18-26)37-14-15-41-25(4)21-37/h7,9,16-19,22-23,25,29-30,32,38H,6,8,10-15,20-21H2,1-5H3/b9-7+,24-16+/t22-,23+,25+,29+,30+,32+/m1/s1. The first-order chi connectivity index (χ1) is 20.5. The normalized spacial score (nSPS) is 31.0. The molecule has 0 saturated carbocycles. The average Bonchev–Trinajstić information content (AvgIpc) is 2.96. The summed E-state index contributed by atoms with van der Waals surface area (Å²) >= 11 is 0. The van der Waals surface area contributed by atoms with Crippen molar-refractivity contribution in [3.05, 3.63) is 47.3 Å². The van der Waals surface area contributed by atoms with Gasteiger partial charge in [-0.05, 0) is 75.1 Å². The van der Waals surface area contributed by atoms with E-state index in [0.29, 0.717) is 51.2 Å². The molecule has 0 aromatic heterocycles. The zero-order chi connectivity index (χ0) is 31.1. The van der Waals surface area contributed by atoms with E-state index in [0.717, 1.165) is 24.4 Å². The van der Waals surface area contributed by atoms with Crippen molar-refractivity contribution >= 4 is 23.8 Å². The van der Waals surface area contributed by atoms with Gasteiger partial charge in [-0.25, -0.2) is 9.18 Å². The molecule has 0 aliphatic carbocycles. The van der Waals surface area contributed by atoms with Gasteiger partial charge in [-0.15, -0.1) is 0 Å². The van der Waals surface area contributed by atoms with Gasteiger partial charge in [-0.2, -0.15) is 0 Å². The van der Waals surface area contributed by atoms with Crippen LogP contribution in [0.3, 0.4) is 0 Å². The molecule has 1 aromatic rings. The van der Waals surface area contributed by atoms with Crippen molar-refractivity contribution in [2.75, 3.05) is 57.8 Å². The van der Waals surface area contributed by atoms with Crippen molar-refractivity contribution in [3.8, 4) is 0 Å². The smallest absolute Gasteiger partial charge is 0.410 e. The summed E-state index contributed by atoms with van der Waals surface area (Å²) in [6.07, 6.45) is 4.19. The van der Waals surface area contributed by atoms with Crippen LogP contribution in [0.2, 0.25) is 0 Å². The second-order valence-electron chi connectivity index (χ2n) is 12.5. The van der Waals surface area contributed by atoms with Crippen LogP contribution < -0.4 is 4.90 Å². The number of morpholine rings is 1. The average molecular weight is 602 g/mol. The second kappa shape index (κ2) is 15.2. The Morgan fingerprint density at radius 3 is 2.53 bits per heavy atom. The number of likely N-dealkylation sites (N-methyl/N-ethyl adjacent to an activating group) is 1. The Morgan fingerprint density at radius 2 is 1.81 bits per heavy atom. The van der Waals surface area contributed by atoms with Crippen LogP contribution in [0.5, 0.6) is 0 Å². The van der Waals surface area contributed by atoms with E-state index in [9.17, 15) is 19.1 Å². The highest BCUT2D eigenvalue weighted by atomic mass is 19.1. The Labute approximate surface area is 255 Å². The molecule has 4 rings (SSSR count). The number of nitrogens with zero attached hydrogens (tertiary/aromatic N) is 3. The third-order valence-electron chi connectivity index (χ3n) is 8.61. The molecule has 0 bridgehead atoms. The van der Waals surface area contributed by atoms with Gasteiger partial charge in [0, 0.05) is 50.9 Å². The Kier molecular flexibility index (Phi) is 11.6. The quantitative estimate of drug-likeness (QED) is 0.399. The monoisotopic (exact) mass is 601 g/mol. The number of amides is 1. The van der Waals surface area contributed by atoms with E-state index in [1.54, 1.807) is 4.90 Å². The van der Waals surface area contributed by atoms with Crippen LogP contribution in [0.1, 0.15) is 52.5 Å². The number of ether oxygens (including phenoxy) is 3. The molecule has 1 aromatic carbocycles. The number of rotatable bonds is 4. The first kappa shape index (κ1) is 33.0. The van der Waals surface area contributed by atoms with Gasteiger partial charge in [-0.3, -0.25) is 4.79 Å². The largest absolute Gasteiger partial charge is 0.457 e. The molecular formula is C33H48FN3O6. The molecule has 1 N–H and O–H groups in total. The molecule has 43 heavy (non-hydrogen) atoms. The number of hydrogen-bond acceptors (Lipinski definition) is 8. The van der Waals surface area contributed by atoms with E-state index in [1.165, 1.54) is 12.1 Å². The van der Waals surface area contributed by atoms with E-state index in [4.69, 9.17) is 14.2 Å². The number of benzene rings is 1. The predicted octanol–water partition coefficient (Wildman–Crippen LogP) is 4.49. The number of esters is 1. The summed E-state index contributed by atoms with van der Waals surface area (Å²) in [6, 6.07) is 4.92. The number of carbonyl (C=O) groups excluding carboxylic acids is 2. The van der Waals surface area contributed by atoms with Crippen LogP contribution in [-0.4, -0.2) is 104 Å². The van der Waals surface area contributed by atoms with Gasteiger partial charge in [-0.1, -0.05) is 26.0 Å². The first-order valence-corrected chi connectivity index (χ1v) is 15.5. The Hall–Kier alpha value is -2.95. The van der Waals surface area contributed by atoms with Crippen LogP contribution in [0.15, 0.2) is 35.9 Å². The van der Waals surface area contributed by atoms with E-state index in [1.807, 2.05) is 59.0 Å². The maximum absolute atomic E-state index is 14.7. The number of hydrogen-bond donors (Lipinski definition) is 1. The highest BCUT2D eigenvalue weighted by Crippen LogP contribution is 2.28. The summed E-state index contributed by atoms with van der Waals surface area (Å²) < 4.78 is 32.3.